The van der Waals surface area contributed by atoms with Crippen LogP contribution in [-0.4, -0.2) is 14.9 Å². The van der Waals surface area contributed by atoms with Gasteiger partial charge in [-0.25, -0.2) is 0 Å². The van der Waals surface area contributed by atoms with Crippen molar-refractivity contribution in [1.82, 2.24) is 8.97 Å². The SMILES string of the molecule is Cc1ccc(C)c(NC(=O)CCCn2c(=O)c3cccn3c3ccc(Br)cc32)c1. The van der Waals surface area contributed by atoms with Crippen molar-refractivity contribution < 1.29 is 4.79 Å². The zero-order chi connectivity index (χ0) is 20.5. The van der Waals surface area contributed by atoms with E-state index in [4.69, 9.17) is 0 Å². The van der Waals surface area contributed by atoms with E-state index in [-0.39, 0.29) is 11.5 Å². The third kappa shape index (κ3) is 3.85. The molecule has 0 fully saturated rings. The molecule has 0 unspecified atom stereocenters. The minimum Gasteiger partial charge on any atom is -0.326 e. The fraction of sp³-hybridized carbons (Fsp3) is 0.217. The third-order valence-electron chi connectivity index (χ3n) is 5.15. The largest absolute Gasteiger partial charge is 0.326 e. The molecule has 0 radical (unpaired) electrons. The molecule has 0 aliphatic rings. The van der Waals surface area contributed by atoms with Crippen molar-refractivity contribution in [3.8, 4) is 0 Å². The van der Waals surface area contributed by atoms with Gasteiger partial charge >= 0.3 is 0 Å². The molecule has 2 aromatic heterocycles. The quantitative estimate of drug-likeness (QED) is 0.461. The Kier molecular flexibility index (Phi) is 5.28. The monoisotopic (exact) mass is 451 g/mol. The molecule has 1 amide bonds. The number of anilines is 1. The van der Waals surface area contributed by atoms with E-state index in [0.29, 0.717) is 24.9 Å². The van der Waals surface area contributed by atoms with Gasteiger partial charge in [-0.15, -0.1) is 0 Å². The van der Waals surface area contributed by atoms with Crippen molar-refractivity contribution in [2.24, 2.45) is 0 Å². The van der Waals surface area contributed by atoms with E-state index in [9.17, 15) is 9.59 Å². The number of nitrogens with zero attached hydrogens (tertiary/aromatic N) is 2. The minimum absolute atomic E-state index is 0.0407. The van der Waals surface area contributed by atoms with E-state index < -0.39 is 0 Å². The van der Waals surface area contributed by atoms with Gasteiger partial charge in [0, 0.05) is 29.3 Å². The second-order valence-electron chi connectivity index (χ2n) is 7.32. The number of nitrogens with one attached hydrogen (secondary N) is 1. The van der Waals surface area contributed by atoms with Gasteiger partial charge in [0.25, 0.3) is 5.56 Å². The molecule has 0 spiro atoms. The molecule has 2 heterocycles. The normalized spacial score (nSPS) is 11.3. The fourth-order valence-corrected chi connectivity index (χ4v) is 3.98. The third-order valence-corrected chi connectivity index (χ3v) is 5.65. The van der Waals surface area contributed by atoms with E-state index in [0.717, 1.165) is 32.3 Å². The highest BCUT2D eigenvalue weighted by atomic mass is 79.9. The van der Waals surface area contributed by atoms with Crippen LogP contribution in [0.5, 0.6) is 0 Å². The van der Waals surface area contributed by atoms with Crippen LogP contribution < -0.4 is 10.9 Å². The number of halogens is 1. The zero-order valence-electron chi connectivity index (χ0n) is 16.4. The summed E-state index contributed by atoms with van der Waals surface area (Å²) in [6.07, 6.45) is 2.82. The number of rotatable bonds is 5. The van der Waals surface area contributed by atoms with E-state index in [1.807, 2.05) is 73.0 Å². The Morgan fingerprint density at radius 2 is 1.86 bits per heavy atom. The highest BCUT2D eigenvalue weighted by molar-refractivity contribution is 9.10. The maximum absolute atomic E-state index is 13.0. The summed E-state index contributed by atoms with van der Waals surface area (Å²) in [6.45, 7) is 4.46. The molecule has 5 nitrogen and oxygen atoms in total. The number of benzene rings is 2. The Morgan fingerprint density at radius 1 is 1.03 bits per heavy atom. The van der Waals surface area contributed by atoms with Gasteiger partial charge in [-0.3, -0.25) is 9.59 Å². The molecule has 6 heteroatoms. The molecule has 0 aliphatic carbocycles. The van der Waals surface area contributed by atoms with Gasteiger partial charge in [0.2, 0.25) is 5.91 Å². The molecule has 0 bridgehead atoms. The van der Waals surface area contributed by atoms with Gasteiger partial charge in [0.1, 0.15) is 5.52 Å². The molecule has 0 saturated carbocycles. The second-order valence-corrected chi connectivity index (χ2v) is 8.24. The first kappa shape index (κ1) is 19.5. The van der Waals surface area contributed by atoms with Crippen molar-refractivity contribution in [2.75, 3.05) is 5.32 Å². The molecule has 4 rings (SSSR count). The van der Waals surface area contributed by atoms with Gasteiger partial charge in [0.05, 0.1) is 11.0 Å². The molecule has 0 saturated heterocycles. The van der Waals surface area contributed by atoms with Crippen LogP contribution >= 0.6 is 15.9 Å². The van der Waals surface area contributed by atoms with Crippen LogP contribution in [-0.2, 0) is 11.3 Å². The highest BCUT2D eigenvalue weighted by Gasteiger charge is 2.12. The zero-order valence-corrected chi connectivity index (χ0v) is 18.0. The maximum atomic E-state index is 13.0. The minimum atomic E-state index is -0.0458. The smallest absolute Gasteiger partial charge is 0.275 e. The number of hydrogen-bond donors (Lipinski definition) is 1. The fourth-order valence-electron chi connectivity index (χ4n) is 3.63. The number of carbonyl (C=O) groups excluding carboxylic acids is 1. The Balaban J connectivity index is 1.55. The van der Waals surface area contributed by atoms with Crippen LogP contribution in [0, 0.1) is 13.8 Å². The van der Waals surface area contributed by atoms with Gasteiger partial charge in [-0.1, -0.05) is 28.1 Å². The highest BCUT2D eigenvalue weighted by Crippen LogP contribution is 2.21. The summed E-state index contributed by atoms with van der Waals surface area (Å²) < 4.78 is 4.59. The van der Waals surface area contributed by atoms with Gasteiger partial charge in [0.15, 0.2) is 0 Å². The predicted molar refractivity (Wildman–Crippen MR) is 121 cm³/mol. The Hall–Kier alpha value is -2.86. The molecule has 29 heavy (non-hydrogen) atoms. The van der Waals surface area contributed by atoms with Crippen LogP contribution in [0.15, 0.2) is 64.0 Å². The van der Waals surface area contributed by atoms with E-state index in [2.05, 4.69) is 21.2 Å². The number of aromatic nitrogens is 2. The van der Waals surface area contributed by atoms with Crippen LogP contribution in [0.25, 0.3) is 16.6 Å². The molecule has 0 atom stereocenters. The molecule has 148 valence electrons. The lowest BCUT2D eigenvalue weighted by atomic mass is 10.1. The lowest BCUT2D eigenvalue weighted by molar-refractivity contribution is -0.116. The summed E-state index contributed by atoms with van der Waals surface area (Å²) in [5.74, 6) is -0.0407. The molecule has 2 aromatic carbocycles. The van der Waals surface area contributed by atoms with Crippen molar-refractivity contribution in [2.45, 2.75) is 33.2 Å². The Morgan fingerprint density at radius 3 is 2.69 bits per heavy atom. The van der Waals surface area contributed by atoms with Crippen LogP contribution in [0.4, 0.5) is 5.69 Å². The van der Waals surface area contributed by atoms with Gasteiger partial charge in [-0.2, -0.15) is 0 Å². The number of amides is 1. The molecular weight excluding hydrogens is 430 g/mol. The lowest BCUT2D eigenvalue weighted by Gasteiger charge is -2.13. The summed E-state index contributed by atoms with van der Waals surface area (Å²) in [6, 6.07) is 15.6. The topological polar surface area (TPSA) is 55.5 Å². The number of carbonyl (C=O) groups is 1. The summed E-state index contributed by atoms with van der Waals surface area (Å²) in [5.41, 5.74) is 5.40. The average Bonchev–Trinajstić information content (AvgIpc) is 3.17. The van der Waals surface area contributed by atoms with Gasteiger partial charge < -0.3 is 14.3 Å². The standard InChI is InChI=1S/C23H22BrN3O2/c1-15-7-8-16(2)18(13-15)25-22(28)6-4-12-27-21-14-17(24)9-10-19(21)26-11-3-5-20(26)23(27)29/h3,5,7-11,13-14H,4,6,12H2,1-2H3,(H,25,28). The molecule has 1 N–H and O–H groups in total. The Bertz CT molecular complexity index is 1290. The number of aryl methyl sites for hydroxylation is 3. The first-order valence-corrected chi connectivity index (χ1v) is 10.4. The molecule has 0 aliphatic heterocycles. The summed E-state index contributed by atoms with van der Waals surface area (Å²) >= 11 is 3.50. The van der Waals surface area contributed by atoms with Crippen molar-refractivity contribution >= 4 is 44.1 Å². The van der Waals surface area contributed by atoms with Gasteiger partial charge in [-0.05, 0) is 67.8 Å². The van der Waals surface area contributed by atoms with Crippen LogP contribution in [0.3, 0.4) is 0 Å². The molecular formula is C23H22BrN3O2. The van der Waals surface area contributed by atoms with E-state index in [1.165, 1.54) is 0 Å². The second kappa shape index (κ2) is 7.87. The average molecular weight is 452 g/mol. The van der Waals surface area contributed by atoms with E-state index in [1.54, 1.807) is 4.57 Å². The summed E-state index contributed by atoms with van der Waals surface area (Å²) in [5, 5.41) is 2.99. The summed E-state index contributed by atoms with van der Waals surface area (Å²) in [4.78, 5) is 25.4. The van der Waals surface area contributed by atoms with Crippen molar-refractivity contribution in [3.63, 3.8) is 0 Å². The first-order valence-electron chi connectivity index (χ1n) is 9.60. The number of hydrogen-bond acceptors (Lipinski definition) is 2. The maximum Gasteiger partial charge on any atom is 0.275 e. The Labute approximate surface area is 177 Å². The first-order chi connectivity index (χ1) is 13.9. The lowest BCUT2D eigenvalue weighted by Crippen LogP contribution is -2.23. The van der Waals surface area contributed by atoms with Crippen LogP contribution in [0.1, 0.15) is 24.0 Å². The van der Waals surface area contributed by atoms with E-state index >= 15 is 0 Å². The number of fused-ring (bicyclic) bond motifs is 3. The molecule has 4 aromatic rings. The van der Waals surface area contributed by atoms with Crippen molar-refractivity contribution in [3.05, 3.63) is 80.7 Å². The predicted octanol–water partition coefficient (Wildman–Crippen LogP) is 5.05. The van der Waals surface area contributed by atoms with Crippen molar-refractivity contribution in [1.29, 1.82) is 0 Å². The van der Waals surface area contributed by atoms with Crippen LogP contribution in [0.2, 0.25) is 0 Å². The summed E-state index contributed by atoms with van der Waals surface area (Å²) in [7, 11) is 0.